The number of hydrogen-bond acceptors (Lipinski definition) is 2. The van der Waals surface area contributed by atoms with Crippen LogP contribution in [-0.2, 0) is 0 Å². The van der Waals surface area contributed by atoms with Crippen molar-refractivity contribution in [2.45, 2.75) is 19.4 Å². The van der Waals surface area contributed by atoms with Crippen LogP contribution in [0, 0.1) is 11.5 Å². The highest BCUT2D eigenvalue weighted by molar-refractivity contribution is 5.98. The number of hydrogen-bond donors (Lipinski definition) is 2. The molecule has 2 heteroatoms. The molecule has 0 aliphatic carbocycles. The second-order valence-electron chi connectivity index (χ2n) is 2.95. The summed E-state index contributed by atoms with van der Waals surface area (Å²) in [6, 6.07) is 10.4. The highest BCUT2D eigenvalue weighted by Gasteiger charge is 2.02. The molecule has 0 spiro atoms. The van der Waals surface area contributed by atoms with Gasteiger partial charge < -0.3 is 11.1 Å². The van der Waals surface area contributed by atoms with E-state index in [1.54, 1.807) is 0 Å². The summed E-state index contributed by atoms with van der Waals surface area (Å²) in [4.78, 5) is 0. The van der Waals surface area contributed by atoms with E-state index in [4.69, 9.17) is 11.1 Å². The lowest BCUT2D eigenvalue weighted by Crippen LogP contribution is -2.19. The minimum absolute atomic E-state index is 0.0571. The molecule has 0 aliphatic heterocycles. The highest BCUT2D eigenvalue weighted by atomic mass is 14.6. The first-order valence-corrected chi connectivity index (χ1v) is 3.99. The fourth-order valence-corrected chi connectivity index (χ4v) is 1.03. The quantitative estimate of drug-likeness (QED) is 0.650. The van der Waals surface area contributed by atoms with Crippen molar-refractivity contribution in [1.29, 1.82) is 5.41 Å². The van der Waals surface area contributed by atoms with E-state index < -0.39 is 0 Å². The molecule has 1 rings (SSSR count). The SMILES string of the molecule is CC(N)CC(=N)c1cc[c]cc1. The monoisotopic (exact) mass is 161 g/mol. The molecule has 2 nitrogen and oxygen atoms in total. The van der Waals surface area contributed by atoms with E-state index in [0.717, 1.165) is 5.56 Å². The van der Waals surface area contributed by atoms with Crippen molar-refractivity contribution in [3.8, 4) is 0 Å². The highest BCUT2D eigenvalue weighted by Crippen LogP contribution is 2.03. The van der Waals surface area contributed by atoms with Gasteiger partial charge in [0, 0.05) is 18.2 Å². The van der Waals surface area contributed by atoms with Gasteiger partial charge in [0.05, 0.1) is 0 Å². The third-order valence-electron chi connectivity index (χ3n) is 1.59. The predicted molar refractivity (Wildman–Crippen MR) is 50.4 cm³/mol. The summed E-state index contributed by atoms with van der Waals surface area (Å²) in [5.74, 6) is 0. The van der Waals surface area contributed by atoms with Gasteiger partial charge in [-0.1, -0.05) is 24.3 Å². The second kappa shape index (κ2) is 4.02. The molecule has 1 aromatic carbocycles. The Kier molecular flexibility index (Phi) is 3.00. The number of nitrogens with two attached hydrogens (primary N) is 1. The molecule has 0 amide bonds. The molecule has 0 bridgehead atoms. The summed E-state index contributed by atoms with van der Waals surface area (Å²) in [6.45, 7) is 1.91. The van der Waals surface area contributed by atoms with E-state index in [1.165, 1.54) is 0 Å². The number of rotatable bonds is 3. The Morgan fingerprint density at radius 1 is 1.58 bits per heavy atom. The molecule has 12 heavy (non-hydrogen) atoms. The van der Waals surface area contributed by atoms with Gasteiger partial charge in [-0.15, -0.1) is 0 Å². The Balaban J connectivity index is 2.66. The van der Waals surface area contributed by atoms with Crippen LogP contribution < -0.4 is 5.73 Å². The van der Waals surface area contributed by atoms with Crippen molar-refractivity contribution in [3.05, 3.63) is 35.9 Å². The van der Waals surface area contributed by atoms with Crippen LogP contribution >= 0.6 is 0 Å². The van der Waals surface area contributed by atoms with E-state index >= 15 is 0 Å². The zero-order valence-corrected chi connectivity index (χ0v) is 7.17. The lowest BCUT2D eigenvalue weighted by molar-refractivity contribution is 0.777. The molecule has 0 saturated heterocycles. The first-order chi connectivity index (χ1) is 5.70. The Morgan fingerprint density at radius 2 is 2.17 bits per heavy atom. The van der Waals surface area contributed by atoms with Crippen LogP contribution in [0.25, 0.3) is 0 Å². The summed E-state index contributed by atoms with van der Waals surface area (Å²) in [5, 5.41) is 7.67. The summed E-state index contributed by atoms with van der Waals surface area (Å²) in [7, 11) is 0. The Morgan fingerprint density at radius 3 is 2.67 bits per heavy atom. The van der Waals surface area contributed by atoms with Crippen molar-refractivity contribution < 1.29 is 0 Å². The van der Waals surface area contributed by atoms with Gasteiger partial charge in [-0.2, -0.15) is 0 Å². The van der Waals surface area contributed by atoms with Gasteiger partial charge in [0.15, 0.2) is 0 Å². The summed E-state index contributed by atoms with van der Waals surface area (Å²) in [5.41, 5.74) is 7.11. The van der Waals surface area contributed by atoms with Gasteiger partial charge in [0.25, 0.3) is 0 Å². The van der Waals surface area contributed by atoms with Crippen LogP contribution in [0.3, 0.4) is 0 Å². The molecule has 0 aliphatic rings. The summed E-state index contributed by atoms with van der Waals surface area (Å²) in [6.07, 6.45) is 0.629. The van der Waals surface area contributed by atoms with Crippen molar-refractivity contribution >= 4 is 5.71 Å². The van der Waals surface area contributed by atoms with Crippen LogP contribution in [0.15, 0.2) is 24.3 Å². The van der Waals surface area contributed by atoms with E-state index in [0.29, 0.717) is 12.1 Å². The smallest absolute Gasteiger partial charge is 0.0401 e. The van der Waals surface area contributed by atoms with Gasteiger partial charge in [-0.05, 0) is 18.6 Å². The van der Waals surface area contributed by atoms with Gasteiger partial charge in [0.1, 0.15) is 0 Å². The lowest BCUT2D eigenvalue weighted by atomic mass is 10.0. The molecule has 63 valence electrons. The van der Waals surface area contributed by atoms with Gasteiger partial charge in [-0.3, -0.25) is 0 Å². The third-order valence-corrected chi connectivity index (χ3v) is 1.59. The first-order valence-electron chi connectivity index (χ1n) is 3.99. The van der Waals surface area contributed by atoms with E-state index in [9.17, 15) is 0 Å². The average Bonchev–Trinajstić information content (AvgIpc) is 2.05. The molecule has 0 saturated carbocycles. The predicted octanol–water partition coefficient (Wildman–Crippen LogP) is 1.59. The molecule has 0 aromatic heterocycles. The maximum Gasteiger partial charge on any atom is 0.0401 e. The first kappa shape index (κ1) is 8.94. The Hall–Kier alpha value is -1.15. The Bertz CT molecular complexity index is 252. The van der Waals surface area contributed by atoms with Crippen molar-refractivity contribution in [2.24, 2.45) is 5.73 Å². The maximum absolute atomic E-state index is 7.67. The van der Waals surface area contributed by atoms with E-state index in [2.05, 4.69) is 6.07 Å². The minimum atomic E-state index is 0.0571. The fraction of sp³-hybridized carbons (Fsp3) is 0.300. The van der Waals surface area contributed by atoms with Gasteiger partial charge in [-0.25, -0.2) is 0 Å². The molecule has 1 aromatic rings. The van der Waals surface area contributed by atoms with Crippen LogP contribution in [0.2, 0.25) is 0 Å². The standard InChI is InChI=1S/C10H13N2/c1-8(11)7-10(12)9-5-3-2-4-6-9/h3-6,8,12H,7,11H2,1H3. The van der Waals surface area contributed by atoms with Crippen molar-refractivity contribution in [1.82, 2.24) is 0 Å². The maximum atomic E-state index is 7.67. The molecular weight excluding hydrogens is 148 g/mol. The number of benzene rings is 1. The Labute approximate surface area is 72.9 Å². The van der Waals surface area contributed by atoms with Crippen LogP contribution in [-0.4, -0.2) is 11.8 Å². The average molecular weight is 161 g/mol. The normalized spacial score (nSPS) is 12.5. The molecule has 1 unspecified atom stereocenters. The van der Waals surface area contributed by atoms with Crippen LogP contribution in [0.5, 0.6) is 0 Å². The molecule has 1 radical (unpaired) electrons. The zero-order chi connectivity index (χ0) is 8.97. The van der Waals surface area contributed by atoms with Crippen molar-refractivity contribution in [3.63, 3.8) is 0 Å². The molecule has 0 fully saturated rings. The molecule has 3 N–H and O–H groups in total. The molecular formula is C10H13N2. The molecule has 0 heterocycles. The summed E-state index contributed by atoms with van der Waals surface area (Å²) < 4.78 is 0. The van der Waals surface area contributed by atoms with Crippen LogP contribution in [0.1, 0.15) is 18.9 Å². The van der Waals surface area contributed by atoms with Crippen molar-refractivity contribution in [2.75, 3.05) is 0 Å². The summed E-state index contributed by atoms with van der Waals surface area (Å²) >= 11 is 0. The van der Waals surface area contributed by atoms with Gasteiger partial charge >= 0.3 is 0 Å². The lowest BCUT2D eigenvalue weighted by Gasteiger charge is -2.06. The number of nitrogens with one attached hydrogen (secondary N) is 1. The third kappa shape index (κ3) is 2.47. The fourth-order valence-electron chi connectivity index (χ4n) is 1.03. The van der Waals surface area contributed by atoms with E-state index in [1.807, 2.05) is 31.2 Å². The zero-order valence-electron chi connectivity index (χ0n) is 7.17. The topological polar surface area (TPSA) is 49.9 Å². The second-order valence-corrected chi connectivity index (χ2v) is 2.95. The van der Waals surface area contributed by atoms with E-state index in [-0.39, 0.29) is 6.04 Å². The largest absolute Gasteiger partial charge is 0.328 e. The minimum Gasteiger partial charge on any atom is -0.328 e. The van der Waals surface area contributed by atoms with Crippen LogP contribution in [0.4, 0.5) is 0 Å². The molecule has 1 atom stereocenters. The van der Waals surface area contributed by atoms with Gasteiger partial charge in [0.2, 0.25) is 0 Å².